The van der Waals surface area contributed by atoms with E-state index >= 15 is 0 Å². The van der Waals surface area contributed by atoms with E-state index < -0.39 is 0 Å². The van der Waals surface area contributed by atoms with Crippen LogP contribution in [0.5, 0.6) is 0 Å². The third-order valence-corrected chi connectivity index (χ3v) is 5.26. The fourth-order valence-electron chi connectivity index (χ4n) is 3.65. The number of hydrogen-bond donors (Lipinski definition) is 1. The molecule has 7 heteroatoms. The van der Waals surface area contributed by atoms with E-state index in [0.717, 1.165) is 11.1 Å². The first-order chi connectivity index (χ1) is 14.0. The molecule has 3 amide bonds. The van der Waals surface area contributed by atoms with E-state index in [-0.39, 0.29) is 30.0 Å². The summed E-state index contributed by atoms with van der Waals surface area (Å²) in [6.45, 7) is 1.09. The number of nitrogens with one attached hydrogen (secondary N) is 1. The van der Waals surface area contributed by atoms with Crippen molar-refractivity contribution in [2.45, 2.75) is 24.9 Å². The van der Waals surface area contributed by atoms with Gasteiger partial charge >= 0.3 is 12.1 Å². The number of halogens is 1. The van der Waals surface area contributed by atoms with Crippen molar-refractivity contribution < 1.29 is 18.7 Å². The normalized spacial score (nSPS) is 15.5. The van der Waals surface area contributed by atoms with Crippen molar-refractivity contribution in [2.24, 2.45) is 0 Å². The fourth-order valence-corrected chi connectivity index (χ4v) is 3.65. The first kappa shape index (κ1) is 20.6. The van der Waals surface area contributed by atoms with Gasteiger partial charge in [0.1, 0.15) is 5.82 Å². The van der Waals surface area contributed by atoms with Crippen LogP contribution in [0.15, 0.2) is 54.6 Å². The van der Waals surface area contributed by atoms with Crippen molar-refractivity contribution in [1.29, 1.82) is 0 Å². The van der Waals surface area contributed by atoms with Crippen LogP contribution in [0, 0.1) is 5.82 Å². The molecule has 1 atom stereocenters. The maximum absolute atomic E-state index is 13.4. The van der Waals surface area contributed by atoms with Crippen molar-refractivity contribution in [3.8, 4) is 0 Å². The van der Waals surface area contributed by atoms with Gasteiger partial charge in [-0.1, -0.05) is 42.5 Å². The molecule has 154 valence electrons. The number of methoxy groups -OCH3 is 1. The number of amides is 3. The molecule has 1 unspecified atom stereocenters. The molecule has 3 rings (SSSR count). The summed E-state index contributed by atoms with van der Waals surface area (Å²) >= 11 is 0. The Hall–Kier alpha value is -3.09. The summed E-state index contributed by atoms with van der Waals surface area (Å²) in [5, 5.41) is 3.06. The van der Waals surface area contributed by atoms with Gasteiger partial charge in [0.05, 0.1) is 13.2 Å². The van der Waals surface area contributed by atoms with Crippen LogP contribution >= 0.6 is 0 Å². The molecule has 0 aliphatic carbocycles. The van der Waals surface area contributed by atoms with Crippen molar-refractivity contribution in [3.63, 3.8) is 0 Å². The highest BCUT2D eigenvalue weighted by Crippen LogP contribution is 2.28. The smallest absolute Gasteiger partial charge is 0.409 e. The lowest BCUT2D eigenvalue weighted by Gasteiger charge is -2.34. The van der Waals surface area contributed by atoms with Crippen molar-refractivity contribution in [1.82, 2.24) is 15.1 Å². The van der Waals surface area contributed by atoms with Gasteiger partial charge in [0.15, 0.2) is 0 Å². The monoisotopic (exact) mass is 399 g/mol. The Kier molecular flexibility index (Phi) is 6.69. The Labute approximate surface area is 170 Å². The van der Waals surface area contributed by atoms with Crippen molar-refractivity contribution >= 4 is 12.1 Å². The second kappa shape index (κ2) is 9.41. The number of likely N-dealkylation sites (tertiary alicyclic amines) is 1. The molecule has 6 nitrogen and oxygen atoms in total. The van der Waals surface area contributed by atoms with Gasteiger partial charge in [0, 0.05) is 26.2 Å². The summed E-state index contributed by atoms with van der Waals surface area (Å²) in [6, 6.07) is 15.3. The van der Waals surface area contributed by atoms with Gasteiger partial charge in [-0.3, -0.25) is 0 Å². The SMILES string of the molecule is COC(=O)N1CCC(NC(=O)N(C)C(c2ccccc2)c2ccc(F)cc2)CC1. The Morgan fingerprint density at radius 2 is 1.66 bits per heavy atom. The Bertz CT molecular complexity index is 821. The fraction of sp³-hybridized carbons (Fsp3) is 0.364. The first-order valence-electron chi connectivity index (χ1n) is 9.66. The number of hydrogen-bond acceptors (Lipinski definition) is 3. The van der Waals surface area contributed by atoms with E-state index in [1.165, 1.54) is 19.2 Å². The van der Waals surface area contributed by atoms with Crippen molar-refractivity contribution in [3.05, 3.63) is 71.5 Å². The second-order valence-electron chi connectivity index (χ2n) is 7.16. The summed E-state index contributed by atoms with van der Waals surface area (Å²) in [4.78, 5) is 27.9. The lowest BCUT2D eigenvalue weighted by Crippen LogP contribution is -2.50. The zero-order chi connectivity index (χ0) is 20.8. The molecule has 0 radical (unpaired) electrons. The highest BCUT2D eigenvalue weighted by molar-refractivity contribution is 5.75. The molecule has 0 saturated carbocycles. The van der Waals surface area contributed by atoms with E-state index in [1.54, 1.807) is 29.0 Å². The third kappa shape index (κ3) is 5.04. The average molecular weight is 399 g/mol. The van der Waals surface area contributed by atoms with Crippen LogP contribution < -0.4 is 5.32 Å². The Balaban J connectivity index is 1.71. The Morgan fingerprint density at radius 1 is 1.07 bits per heavy atom. The quantitative estimate of drug-likeness (QED) is 0.851. The predicted octanol–water partition coefficient (Wildman–Crippen LogP) is 3.79. The standard InChI is InChI=1S/C22H26FN3O3/c1-25(21(27)24-19-12-14-26(15-13-19)22(28)29-2)20(16-6-4-3-5-7-16)17-8-10-18(23)11-9-17/h3-11,19-20H,12-15H2,1-2H3,(H,24,27). The molecule has 29 heavy (non-hydrogen) atoms. The molecule has 2 aromatic carbocycles. The van der Waals surface area contributed by atoms with Crippen LogP contribution in [-0.4, -0.2) is 55.2 Å². The van der Waals surface area contributed by atoms with Crippen LogP contribution in [0.25, 0.3) is 0 Å². The lowest BCUT2D eigenvalue weighted by atomic mass is 9.97. The van der Waals surface area contributed by atoms with Gasteiger partial charge in [-0.15, -0.1) is 0 Å². The van der Waals surface area contributed by atoms with E-state index in [2.05, 4.69) is 5.32 Å². The minimum atomic E-state index is -0.341. The molecule has 1 aliphatic rings. The van der Waals surface area contributed by atoms with Crippen LogP contribution in [0.2, 0.25) is 0 Å². The van der Waals surface area contributed by atoms with Gasteiger partial charge in [0.2, 0.25) is 0 Å². The molecule has 1 fully saturated rings. The third-order valence-electron chi connectivity index (χ3n) is 5.26. The van der Waals surface area contributed by atoms with Gasteiger partial charge in [0.25, 0.3) is 0 Å². The Morgan fingerprint density at radius 3 is 2.24 bits per heavy atom. The van der Waals surface area contributed by atoms with Crippen molar-refractivity contribution in [2.75, 3.05) is 27.2 Å². The number of piperidine rings is 1. The minimum Gasteiger partial charge on any atom is -0.453 e. The van der Waals surface area contributed by atoms with Crippen LogP contribution in [0.1, 0.15) is 30.0 Å². The number of carbonyl (C=O) groups excluding carboxylic acids is 2. The molecule has 0 bridgehead atoms. The molecular formula is C22H26FN3O3. The maximum Gasteiger partial charge on any atom is 0.409 e. The number of carbonyl (C=O) groups is 2. The summed E-state index contributed by atoms with van der Waals surface area (Å²) < 4.78 is 18.2. The summed E-state index contributed by atoms with van der Waals surface area (Å²) in [7, 11) is 3.10. The number of benzene rings is 2. The molecule has 1 heterocycles. The molecule has 1 saturated heterocycles. The summed E-state index contributed by atoms with van der Waals surface area (Å²) in [5.41, 5.74) is 1.77. The second-order valence-corrected chi connectivity index (χ2v) is 7.16. The average Bonchev–Trinajstić information content (AvgIpc) is 2.76. The number of urea groups is 1. The van der Waals surface area contributed by atoms with E-state index in [4.69, 9.17) is 4.74 Å². The van der Waals surface area contributed by atoms with E-state index in [9.17, 15) is 14.0 Å². The van der Waals surface area contributed by atoms with E-state index in [1.807, 2.05) is 30.3 Å². The molecule has 0 spiro atoms. The van der Waals surface area contributed by atoms with Crippen LogP contribution in [0.4, 0.5) is 14.0 Å². The van der Waals surface area contributed by atoms with Crippen LogP contribution in [-0.2, 0) is 4.74 Å². The molecule has 1 aliphatic heterocycles. The number of rotatable bonds is 4. The lowest BCUT2D eigenvalue weighted by molar-refractivity contribution is 0.109. The first-order valence-corrected chi connectivity index (χ1v) is 9.66. The topological polar surface area (TPSA) is 61.9 Å². The molecular weight excluding hydrogens is 373 g/mol. The summed E-state index contributed by atoms with van der Waals surface area (Å²) in [6.07, 6.45) is 0.995. The highest BCUT2D eigenvalue weighted by atomic mass is 19.1. The molecule has 0 aromatic heterocycles. The van der Waals surface area contributed by atoms with E-state index in [0.29, 0.717) is 25.9 Å². The van der Waals surface area contributed by atoms with Gasteiger partial charge < -0.3 is 19.9 Å². The summed E-state index contributed by atoms with van der Waals surface area (Å²) in [5.74, 6) is -0.315. The van der Waals surface area contributed by atoms with Gasteiger partial charge in [-0.25, -0.2) is 14.0 Å². The highest BCUT2D eigenvalue weighted by Gasteiger charge is 2.28. The molecule has 2 aromatic rings. The van der Waals surface area contributed by atoms with Gasteiger partial charge in [-0.05, 0) is 36.1 Å². The van der Waals surface area contributed by atoms with Crippen LogP contribution in [0.3, 0.4) is 0 Å². The number of nitrogens with zero attached hydrogens (tertiary/aromatic N) is 2. The molecule has 1 N–H and O–H groups in total. The largest absolute Gasteiger partial charge is 0.453 e. The van der Waals surface area contributed by atoms with Gasteiger partial charge in [-0.2, -0.15) is 0 Å². The minimum absolute atomic E-state index is 0.0181. The maximum atomic E-state index is 13.4. The zero-order valence-corrected chi connectivity index (χ0v) is 16.7. The number of ether oxygens (including phenoxy) is 1. The zero-order valence-electron chi connectivity index (χ0n) is 16.7. The predicted molar refractivity (Wildman–Crippen MR) is 108 cm³/mol.